The van der Waals surface area contributed by atoms with Crippen LogP contribution in [0.25, 0.3) is 0 Å². The van der Waals surface area contributed by atoms with E-state index >= 15 is 0 Å². The van der Waals surface area contributed by atoms with Crippen LogP contribution in [0, 0.1) is 0 Å². The maximum Gasteiger partial charge on any atom is 0.0794 e. The number of rotatable bonds is 5. The van der Waals surface area contributed by atoms with E-state index in [2.05, 4.69) is 21.7 Å². The SMILES string of the molecule is Nc1cccc(CNCCc2cscn2)c1. The lowest BCUT2D eigenvalue weighted by atomic mass is 10.2. The van der Waals surface area contributed by atoms with Gasteiger partial charge in [-0.2, -0.15) is 0 Å². The highest BCUT2D eigenvalue weighted by molar-refractivity contribution is 7.07. The second kappa shape index (κ2) is 5.63. The van der Waals surface area contributed by atoms with Crippen molar-refractivity contribution in [2.75, 3.05) is 12.3 Å². The molecule has 0 radical (unpaired) electrons. The first-order valence-electron chi connectivity index (χ1n) is 5.27. The minimum absolute atomic E-state index is 0.818. The van der Waals surface area contributed by atoms with Gasteiger partial charge in [0, 0.05) is 30.6 Å². The molecule has 0 aliphatic heterocycles. The number of nitrogens with zero attached hydrogens (tertiary/aromatic N) is 1. The highest BCUT2D eigenvalue weighted by atomic mass is 32.1. The molecule has 1 heterocycles. The number of thiazole rings is 1. The Labute approximate surface area is 99.3 Å². The lowest BCUT2D eigenvalue weighted by molar-refractivity contribution is 0.681. The zero-order chi connectivity index (χ0) is 11.2. The van der Waals surface area contributed by atoms with E-state index in [4.69, 9.17) is 5.73 Å². The van der Waals surface area contributed by atoms with E-state index in [0.717, 1.165) is 30.9 Å². The Morgan fingerprint density at radius 1 is 1.38 bits per heavy atom. The van der Waals surface area contributed by atoms with Gasteiger partial charge in [-0.1, -0.05) is 12.1 Å². The van der Waals surface area contributed by atoms with Crippen molar-refractivity contribution in [3.8, 4) is 0 Å². The average molecular weight is 233 g/mol. The smallest absolute Gasteiger partial charge is 0.0794 e. The van der Waals surface area contributed by atoms with Crippen LogP contribution in [0.4, 0.5) is 5.69 Å². The number of hydrogen-bond acceptors (Lipinski definition) is 4. The summed E-state index contributed by atoms with van der Waals surface area (Å²) in [7, 11) is 0. The molecule has 0 saturated heterocycles. The number of nitrogens with one attached hydrogen (secondary N) is 1. The van der Waals surface area contributed by atoms with Crippen molar-refractivity contribution in [1.82, 2.24) is 10.3 Å². The van der Waals surface area contributed by atoms with Gasteiger partial charge in [0.1, 0.15) is 0 Å². The lowest BCUT2D eigenvalue weighted by Crippen LogP contribution is -2.16. The van der Waals surface area contributed by atoms with Crippen LogP contribution in [0.3, 0.4) is 0 Å². The molecule has 2 aromatic rings. The molecular weight excluding hydrogens is 218 g/mol. The van der Waals surface area contributed by atoms with Crippen LogP contribution in [0.2, 0.25) is 0 Å². The number of anilines is 1. The highest BCUT2D eigenvalue weighted by Gasteiger charge is 1.96. The summed E-state index contributed by atoms with van der Waals surface area (Å²) in [6.07, 6.45) is 0.978. The van der Waals surface area contributed by atoms with E-state index in [0.29, 0.717) is 0 Å². The van der Waals surface area contributed by atoms with Gasteiger partial charge in [-0.05, 0) is 17.7 Å². The van der Waals surface area contributed by atoms with E-state index in [1.54, 1.807) is 11.3 Å². The fourth-order valence-electron chi connectivity index (χ4n) is 1.51. The number of hydrogen-bond donors (Lipinski definition) is 2. The lowest BCUT2D eigenvalue weighted by Gasteiger charge is -2.04. The number of nitrogen functional groups attached to an aromatic ring is 1. The molecule has 0 aliphatic carbocycles. The van der Waals surface area contributed by atoms with Crippen LogP contribution >= 0.6 is 11.3 Å². The fourth-order valence-corrected chi connectivity index (χ4v) is 2.11. The summed E-state index contributed by atoms with van der Waals surface area (Å²) >= 11 is 1.64. The zero-order valence-electron chi connectivity index (χ0n) is 9.02. The third-order valence-electron chi connectivity index (χ3n) is 2.32. The second-order valence-electron chi connectivity index (χ2n) is 3.65. The number of aromatic nitrogens is 1. The van der Waals surface area contributed by atoms with Crippen LogP contribution in [-0.4, -0.2) is 11.5 Å². The van der Waals surface area contributed by atoms with Crippen LogP contribution in [0.1, 0.15) is 11.3 Å². The predicted molar refractivity (Wildman–Crippen MR) is 68.4 cm³/mol. The van der Waals surface area contributed by atoms with E-state index in [1.807, 2.05) is 23.7 Å². The van der Waals surface area contributed by atoms with Crippen molar-refractivity contribution < 1.29 is 0 Å². The van der Waals surface area contributed by atoms with E-state index in [1.165, 1.54) is 5.56 Å². The topological polar surface area (TPSA) is 50.9 Å². The van der Waals surface area contributed by atoms with E-state index in [9.17, 15) is 0 Å². The summed E-state index contributed by atoms with van der Waals surface area (Å²) < 4.78 is 0. The van der Waals surface area contributed by atoms with Gasteiger partial charge in [0.05, 0.1) is 11.2 Å². The van der Waals surface area contributed by atoms with Crippen molar-refractivity contribution in [3.63, 3.8) is 0 Å². The first kappa shape index (κ1) is 11.1. The molecule has 0 amide bonds. The van der Waals surface area contributed by atoms with Crippen molar-refractivity contribution >= 4 is 17.0 Å². The Morgan fingerprint density at radius 3 is 3.06 bits per heavy atom. The first-order valence-corrected chi connectivity index (χ1v) is 6.21. The summed E-state index contributed by atoms with van der Waals surface area (Å²) in [4.78, 5) is 4.23. The van der Waals surface area contributed by atoms with Crippen molar-refractivity contribution in [3.05, 3.63) is 46.4 Å². The molecule has 16 heavy (non-hydrogen) atoms. The second-order valence-corrected chi connectivity index (χ2v) is 4.37. The largest absolute Gasteiger partial charge is 0.399 e. The Morgan fingerprint density at radius 2 is 2.31 bits per heavy atom. The van der Waals surface area contributed by atoms with Gasteiger partial charge in [-0.3, -0.25) is 0 Å². The van der Waals surface area contributed by atoms with E-state index < -0.39 is 0 Å². The number of nitrogens with two attached hydrogens (primary N) is 1. The summed E-state index contributed by atoms with van der Waals surface area (Å²) in [5, 5.41) is 5.46. The average Bonchev–Trinajstić information content (AvgIpc) is 2.77. The molecule has 0 unspecified atom stereocenters. The Hall–Kier alpha value is -1.39. The molecule has 3 nitrogen and oxygen atoms in total. The third-order valence-corrected chi connectivity index (χ3v) is 2.96. The Bertz CT molecular complexity index is 426. The van der Waals surface area contributed by atoms with Gasteiger partial charge in [0.2, 0.25) is 0 Å². The fraction of sp³-hybridized carbons (Fsp3) is 0.250. The Balaban J connectivity index is 1.72. The molecule has 3 N–H and O–H groups in total. The summed E-state index contributed by atoms with van der Waals surface area (Å²) in [5.41, 5.74) is 10.8. The molecule has 0 fully saturated rings. The molecule has 1 aromatic carbocycles. The van der Waals surface area contributed by atoms with Gasteiger partial charge in [-0.15, -0.1) is 11.3 Å². The van der Waals surface area contributed by atoms with Crippen LogP contribution in [0.5, 0.6) is 0 Å². The minimum atomic E-state index is 0.818. The molecule has 2 rings (SSSR count). The molecule has 0 aliphatic rings. The zero-order valence-corrected chi connectivity index (χ0v) is 9.83. The summed E-state index contributed by atoms with van der Waals surface area (Å²) in [6.45, 7) is 1.80. The first-order chi connectivity index (χ1) is 7.84. The molecule has 0 saturated carbocycles. The van der Waals surface area contributed by atoms with Gasteiger partial charge in [0.25, 0.3) is 0 Å². The monoisotopic (exact) mass is 233 g/mol. The molecule has 4 heteroatoms. The highest BCUT2D eigenvalue weighted by Crippen LogP contribution is 2.06. The maximum atomic E-state index is 5.70. The normalized spacial score (nSPS) is 10.5. The third kappa shape index (κ3) is 3.32. The molecule has 0 bridgehead atoms. The van der Waals surface area contributed by atoms with Crippen LogP contribution < -0.4 is 11.1 Å². The van der Waals surface area contributed by atoms with Gasteiger partial charge >= 0.3 is 0 Å². The molecule has 0 spiro atoms. The van der Waals surface area contributed by atoms with Crippen molar-refractivity contribution in [2.24, 2.45) is 0 Å². The quantitative estimate of drug-likeness (QED) is 0.614. The van der Waals surface area contributed by atoms with Gasteiger partial charge in [-0.25, -0.2) is 4.98 Å². The standard InChI is InChI=1S/C12H15N3S/c13-11-3-1-2-10(6-11)7-14-5-4-12-8-16-9-15-12/h1-3,6,8-9,14H,4-5,7,13H2. The van der Waals surface area contributed by atoms with Crippen LogP contribution in [0.15, 0.2) is 35.2 Å². The van der Waals surface area contributed by atoms with Gasteiger partial charge < -0.3 is 11.1 Å². The summed E-state index contributed by atoms with van der Waals surface area (Å²) in [6, 6.07) is 7.95. The van der Waals surface area contributed by atoms with Gasteiger partial charge in [0.15, 0.2) is 0 Å². The number of benzene rings is 1. The molecule has 84 valence electrons. The van der Waals surface area contributed by atoms with E-state index in [-0.39, 0.29) is 0 Å². The minimum Gasteiger partial charge on any atom is -0.399 e. The molecular formula is C12H15N3S. The predicted octanol–water partition coefficient (Wildman–Crippen LogP) is 2.06. The van der Waals surface area contributed by atoms with Crippen molar-refractivity contribution in [1.29, 1.82) is 0 Å². The molecule has 1 aromatic heterocycles. The molecule has 0 atom stereocenters. The maximum absolute atomic E-state index is 5.70. The van der Waals surface area contributed by atoms with Crippen molar-refractivity contribution in [2.45, 2.75) is 13.0 Å². The summed E-state index contributed by atoms with van der Waals surface area (Å²) in [5.74, 6) is 0. The van der Waals surface area contributed by atoms with Crippen LogP contribution in [-0.2, 0) is 13.0 Å². The Kier molecular flexibility index (Phi) is 3.91.